The second-order valence-electron chi connectivity index (χ2n) is 5.73. The van der Waals surface area contributed by atoms with Gasteiger partial charge >= 0.3 is 0 Å². The third-order valence-corrected chi connectivity index (χ3v) is 5.20. The van der Waals surface area contributed by atoms with Crippen LogP contribution in [0.1, 0.15) is 5.56 Å². The van der Waals surface area contributed by atoms with Crippen LogP contribution in [0.25, 0.3) is 10.1 Å². The number of fused-ring (bicyclic) bond motifs is 1. The van der Waals surface area contributed by atoms with E-state index in [1.54, 1.807) is 0 Å². The van der Waals surface area contributed by atoms with Gasteiger partial charge in [0.15, 0.2) is 0 Å². The molecule has 0 spiro atoms. The smallest absolute Gasteiger partial charge is 0.0455 e. The zero-order valence-electron chi connectivity index (χ0n) is 12.5. The van der Waals surface area contributed by atoms with Gasteiger partial charge in [-0.15, -0.1) is 11.3 Å². The summed E-state index contributed by atoms with van der Waals surface area (Å²) in [5.74, 6) is 0. The van der Waals surface area contributed by atoms with Crippen molar-refractivity contribution in [2.45, 2.75) is 6.54 Å². The van der Waals surface area contributed by atoms with E-state index in [1.807, 2.05) is 29.8 Å². The summed E-state index contributed by atoms with van der Waals surface area (Å²) in [4.78, 5) is 9.24. The molecule has 1 aromatic carbocycles. The van der Waals surface area contributed by atoms with Crippen molar-refractivity contribution < 1.29 is 0 Å². The van der Waals surface area contributed by atoms with Crippen molar-refractivity contribution in [1.29, 1.82) is 0 Å². The quantitative estimate of drug-likeness (QED) is 0.736. The van der Waals surface area contributed by atoms with Crippen LogP contribution in [0.5, 0.6) is 0 Å². The Morgan fingerprint density at radius 2 is 1.91 bits per heavy atom. The molecular formula is C18H19N3S. The molecule has 0 bridgehead atoms. The van der Waals surface area contributed by atoms with Crippen LogP contribution in [0, 0.1) is 0 Å². The number of benzene rings is 1. The summed E-state index contributed by atoms with van der Waals surface area (Å²) < 4.78 is 1.38. The van der Waals surface area contributed by atoms with Crippen molar-refractivity contribution in [2.24, 2.45) is 0 Å². The van der Waals surface area contributed by atoms with E-state index in [9.17, 15) is 0 Å². The SMILES string of the molecule is c1cncc(CN2CCN(c3cccc4sccc34)CC2)c1. The van der Waals surface area contributed by atoms with Gasteiger partial charge in [-0.2, -0.15) is 0 Å². The van der Waals surface area contributed by atoms with Gasteiger partial charge in [-0.25, -0.2) is 0 Å². The van der Waals surface area contributed by atoms with Crippen LogP contribution in [0.15, 0.2) is 54.2 Å². The number of anilines is 1. The van der Waals surface area contributed by atoms with Crippen LogP contribution < -0.4 is 4.90 Å². The average Bonchev–Trinajstić information content (AvgIpc) is 3.05. The summed E-state index contributed by atoms with van der Waals surface area (Å²) in [7, 11) is 0. The third kappa shape index (κ3) is 2.72. The van der Waals surface area contributed by atoms with Crippen molar-refractivity contribution in [3.8, 4) is 0 Å². The fourth-order valence-corrected chi connectivity index (χ4v) is 3.96. The first kappa shape index (κ1) is 13.7. The van der Waals surface area contributed by atoms with E-state index < -0.39 is 0 Å². The standard InChI is InChI=1S/C18H19N3S/c1-4-17(16-6-12-22-18(16)5-1)21-10-8-20(9-11-21)14-15-3-2-7-19-13-15/h1-7,12-13H,8-11,14H2. The molecule has 3 heterocycles. The van der Waals surface area contributed by atoms with Crippen molar-refractivity contribution in [3.63, 3.8) is 0 Å². The summed E-state index contributed by atoms with van der Waals surface area (Å²) in [6, 6.07) is 13.1. The highest BCUT2D eigenvalue weighted by Gasteiger charge is 2.18. The molecule has 1 aliphatic rings. The zero-order chi connectivity index (χ0) is 14.8. The van der Waals surface area contributed by atoms with Crippen LogP contribution in [-0.2, 0) is 6.54 Å². The van der Waals surface area contributed by atoms with E-state index in [1.165, 1.54) is 21.3 Å². The largest absolute Gasteiger partial charge is 0.368 e. The summed E-state index contributed by atoms with van der Waals surface area (Å²) >= 11 is 1.82. The van der Waals surface area contributed by atoms with E-state index >= 15 is 0 Å². The molecule has 1 aliphatic heterocycles. The Hall–Kier alpha value is -1.91. The van der Waals surface area contributed by atoms with E-state index in [2.05, 4.69) is 50.5 Å². The van der Waals surface area contributed by atoms with Crippen LogP contribution >= 0.6 is 11.3 Å². The highest BCUT2D eigenvalue weighted by atomic mass is 32.1. The van der Waals surface area contributed by atoms with Gasteiger partial charge in [0, 0.05) is 60.9 Å². The van der Waals surface area contributed by atoms with Crippen molar-refractivity contribution >= 4 is 27.1 Å². The summed E-state index contributed by atoms with van der Waals surface area (Å²) in [5, 5.41) is 3.58. The lowest BCUT2D eigenvalue weighted by Crippen LogP contribution is -2.46. The zero-order valence-corrected chi connectivity index (χ0v) is 13.3. The Morgan fingerprint density at radius 3 is 2.73 bits per heavy atom. The molecule has 4 rings (SSSR count). The van der Waals surface area contributed by atoms with Gasteiger partial charge in [-0.3, -0.25) is 9.88 Å². The molecule has 1 fully saturated rings. The molecule has 0 amide bonds. The van der Waals surface area contributed by atoms with Gasteiger partial charge in [-0.05, 0) is 35.2 Å². The number of hydrogen-bond donors (Lipinski definition) is 0. The Kier molecular flexibility index (Phi) is 3.79. The van der Waals surface area contributed by atoms with Gasteiger partial charge in [0.05, 0.1) is 0 Å². The molecule has 3 aromatic rings. The Bertz CT molecular complexity index is 745. The fourth-order valence-electron chi connectivity index (χ4n) is 3.15. The highest BCUT2D eigenvalue weighted by Crippen LogP contribution is 2.31. The maximum atomic E-state index is 4.21. The predicted octanol–water partition coefficient (Wildman–Crippen LogP) is 3.62. The second kappa shape index (κ2) is 6.07. The maximum absolute atomic E-state index is 4.21. The molecule has 22 heavy (non-hydrogen) atoms. The predicted molar refractivity (Wildman–Crippen MR) is 93.6 cm³/mol. The van der Waals surface area contributed by atoms with Gasteiger partial charge in [0.25, 0.3) is 0 Å². The van der Waals surface area contributed by atoms with E-state index in [0.29, 0.717) is 0 Å². The van der Waals surface area contributed by atoms with Crippen LogP contribution in [-0.4, -0.2) is 36.1 Å². The average molecular weight is 309 g/mol. The topological polar surface area (TPSA) is 19.4 Å². The first-order valence-electron chi connectivity index (χ1n) is 7.72. The summed E-state index contributed by atoms with van der Waals surface area (Å²) in [6.45, 7) is 5.40. The second-order valence-corrected chi connectivity index (χ2v) is 6.68. The lowest BCUT2D eigenvalue weighted by molar-refractivity contribution is 0.250. The van der Waals surface area contributed by atoms with Gasteiger partial charge in [0.1, 0.15) is 0 Å². The summed E-state index contributed by atoms with van der Waals surface area (Å²) in [6.07, 6.45) is 3.81. The number of rotatable bonds is 3. The number of thiophene rings is 1. The maximum Gasteiger partial charge on any atom is 0.0455 e. The number of pyridine rings is 1. The van der Waals surface area contributed by atoms with Crippen LogP contribution in [0.4, 0.5) is 5.69 Å². The van der Waals surface area contributed by atoms with Gasteiger partial charge < -0.3 is 4.90 Å². The van der Waals surface area contributed by atoms with Crippen molar-refractivity contribution in [1.82, 2.24) is 9.88 Å². The monoisotopic (exact) mass is 309 g/mol. The minimum atomic E-state index is 1.00. The first-order chi connectivity index (χ1) is 10.9. The molecular weight excluding hydrogens is 290 g/mol. The first-order valence-corrected chi connectivity index (χ1v) is 8.60. The molecule has 0 atom stereocenters. The minimum Gasteiger partial charge on any atom is -0.368 e. The van der Waals surface area contributed by atoms with E-state index in [4.69, 9.17) is 0 Å². The highest BCUT2D eigenvalue weighted by molar-refractivity contribution is 7.17. The number of nitrogens with zero attached hydrogens (tertiary/aromatic N) is 3. The number of aromatic nitrogens is 1. The molecule has 4 heteroatoms. The molecule has 3 nitrogen and oxygen atoms in total. The number of piperazine rings is 1. The Labute approximate surface area is 134 Å². The Morgan fingerprint density at radius 1 is 1.00 bits per heavy atom. The van der Waals surface area contributed by atoms with Crippen LogP contribution in [0.2, 0.25) is 0 Å². The van der Waals surface area contributed by atoms with Crippen molar-refractivity contribution in [2.75, 3.05) is 31.1 Å². The molecule has 112 valence electrons. The number of hydrogen-bond acceptors (Lipinski definition) is 4. The normalized spacial score (nSPS) is 16.3. The minimum absolute atomic E-state index is 1.00. The molecule has 0 radical (unpaired) electrons. The molecule has 0 aliphatic carbocycles. The molecule has 0 unspecified atom stereocenters. The van der Waals surface area contributed by atoms with E-state index in [-0.39, 0.29) is 0 Å². The summed E-state index contributed by atoms with van der Waals surface area (Å²) in [5.41, 5.74) is 2.69. The molecule has 1 saturated heterocycles. The van der Waals surface area contributed by atoms with Crippen molar-refractivity contribution in [3.05, 3.63) is 59.7 Å². The van der Waals surface area contributed by atoms with Crippen LogP contribution in [0.3, 0.4) is 0 Å². The molecule has 0 saturated carbocycles. The lowest BCUT2D eigenvalue weighted by atomic mass is 10.1. The van der Waals surface area contributed by atoms with Gasteiger partial charge in [0.2, 0.25) is 0 Å². The lowest BCUT2D eigenvalue weighted by Gasteiger charge is -2.36. The molecule has 2 aromatic heterocycles. The molecule has 0 N–H and O–H groups in total. The fraction of sp³-hybridized carbons (Fsp3) is 0.278. The Balaban J connectivity index is 1.45. The van der Waals surface area contributed by atoms with E-state index in [0.717, 1.165) is 32.7 Å². The van der Waals surface area contributed by atoms with Gasteiger partial charge in [-0.1, -0.05) is 12.1 Å². The third-order valence-electron chi connectivity index (χ3n) is 4.31.